The molecule has 36 atom stereocenters. The molecule has 1 unspecified atom stereocenters. The lowest BCUT2D eigenvalue weighted by Crippen LogP contribution is -2.69. The molecular formula is C79H126O38. The first kappa shape index (κ1) is 97.0. The Morgan fingerprint density at radius 3 is 0.624 bits per heavy atom. The fourth-order valence-corrected chi connectivity index (χ4v) is 16.7. The monoisotopic (exact) mass is 1680 g/mol. The van der Waals surface area contributed by atoms with Crippen molar-refractivity contribution in [3.05, 3.63) is 71.3 Å². The lowest BCUT2D eigenvalue weighted by molar-refractivity contribution is -0.402. The first-order valence-corrected chi connectivity index (χ1v) is 38.7. The largest absolute Gasteiger partial charge is 0.481 e. The number of ketones is 1. The van der Waals surface area contributed by atoms with Crippen LogP contribution in [0.25, 0.3) is 0 Å². The van der Waals surface area contributed by atoms with Gasteiger partial charge in [0.2, 0.25) is 0 Å². The third-order valence-corrected chi connectivity index (χ3v) is 22.4. The van der Waals surface area contributed by atoms with Crippen LogP contribution in [-0.4, -0.2) is 427 Å². The quantitative estimate of drug-likeness (QED) is 0.102. The van der Waals surface area contributed by atoms with Gasteiger partial charge in [0.1, 0.15) is 171 Å². The highest BCUT2D eigenvalue weighted by molar-refractivity contribution is 6.09. The zero-order valence-electron chi connectivity index (χ0n) is 71.0. The highest BCUT2D eigenvalue weighted by Gasteiger charge is 2.62. The number of ether oxygens (including phenoxy) is 35. The highest BCUT2D eigenvalue weighted by Crippen LogP contribution is 2.43. The average Bonchev–Trinajstić information content (AvgIpc) is 0.802. The van der Waals surface area contributed by atoms with Gasteiger partial charge in [-0.05, 0) is 18.6 Å². The summed E-state index contributed by atoms with van der Waals surface area (Å²) in [7, 11) is 31.7. The van der Waals surface area contributed by atoms with Crippen molar-refractivity contribution < 1.29 is 180 Å². The molecular weight excluding hydrogens is 1560 g/mol. The molecule has 23 rings (SSSR count). The molecule has 21 aliphatic rings. The SMILES string of the molecule is CC(C(=O)O)c1cccc(C(=O)c2ccccc2)c1.COC[C@H]1O[C@@H]2O[C@H]3[C@H](OC)[C@@H](OC)[C@@H](O[C@H]4[C@H](OC)[C@@H](OC)[C@@H](O[C@H]5[C@H](OC)[C@@H](OC)[C@@H](O[C@H]6[C@H](OC)[C@@H](OC)[C@@H](O[C@H]7[C@H](OC)[C@@H](OC)[C@@H](O[C@H]8[C@H](OC)[C@@H](OC)[C@@H](O[C@H]1[C@H](OC)[C@H]2OC)O[C@@H]8COC)O[C@@H]7COC)O[C@@H]6COC)O[C@@H]5COC)O[C@@H]4COC)O[C@@H]3COC. The molecule has 1 N–H and O–H groups in total. The number of carbonyl (C=O) groups excluding carboxylic acids is 1. The minimum atomic E-state index is -1.22. The number of hydrogen-bond donors (Lipinski definition) is 1. The van der Waals surface area contributed by atoms with Gasteiger partial charge in [0.15, 0.2) is 49.8 Å². The average molecular weight is 1680 g/mol. The van der Waals surface area contributed by atoms with E-state index >= 15 is 0 Å². The second-order valence-corrected chi connectivity index (χ2v) is 28.9. The molecule has 2 aromatic carbocycles. The van der Waals surface area contributed by atoms with Gasteiger partial charge in [-0.1, -0.05) is 48.5 Å². The molecule has 21 saturated heterocycles. The van der Waals surface area contributed by atoms with Gasteiger partial charge in [0.05, 0.1) is 52.2 Å². The van der Waals surface area contributed by atoms with Crippen LogP contribution in [0.2, 0.25) is 0 Å². The van der Waals surface area contributed by atoms with Gasteiger partial charge >= 0.3 is 5.97 Å². The Morgan fingerprint density at radius 1 is 0.265 bits per heavy atom. The van der Waals surface area contributed by atoms with Crippen LogP contribution in [-0.2, 0) is 171 Å². The summed E-state index contributed by atoms with van der Waals surface area (Å²) in [5.74, 6) is -1.62. The molecule has 2 aromatic rings. The number of carboxylic acid groups (broad SMARTS) is 1. The van der Waals surface area contributed by atoms with Crippen LogP contribution in [0.4, 0.5) is 0 Å². The highest BCUT2D eigenvalue weighted by atomic mass is 16.8. The fraction of sp³-hybridized carbons (Fsp3) is 0.823. The van der Waals surface area contributed by atoms with Crippen LogP contribution < -0.4 is 0 Å². The zero-order chi connectivity index (χ0) is 84.7. The maximum absolute atomic E-state index is 12.2. The van der Waals surface area contributed by atoms with Crippen LogP contribution in [0, 0.1) is 0 Å². The van der Waals surface area contributed by atoms with E-state index in [1.54, 1.807) is 55.5 Å². The smallest absolute Gasteiger partial charge is 0.310 e. The van der Waals surface area contributed by atoms with Crippen LogP contribution in [0.3, 0.4) is 0 Å². The van der Waals surface area contributed by atoms with E-state index < -0.39 is 227 Å². The predicted octanol–water partition coefficient (Wildman–Crippen LogP) is 1.61. The molecule has 0 amide bonds. The van der Waals surface area contributed by atoms with Crippen molar-refractivity contribution in [1.29, 1.82) is 0 Å². The van der Waals surface area contributed by atoms with Crippen LogP contribution >= 0.6 is 0 Å². The lowest BCUT2D eigenvalue weighted by Gasteiger charge is -2.52. The second kappa shape index (κ2) is 47.9. The summed E-state index contributed by atoms with van der Waals surface area (Å²) < 4.78 is 226. The molecule has 38 nitrogen and oxygen atoms in total. The Morgan fingerprint density at radius 2 is 0.453 bits per heavy atom. The summed E-state index contributed by atoms with van der Waals surface area (Å²) in [5, 5.41) is 9.00. The molecule has 21 aliphatic heterocycles. The minimum Gasteiger partial charge on any atom is -0.481 e. The van der Waals surface area contributed by atoms with Crippen molar-refractivity contribution >= 4 is 11.8 Å². The number of carboxylic acids is 1. The number of benzene rings is 2. The molecule has 0 aromatic heterocycles. The molecule has 14 bridgehead atoms. The van der Waals surface area contributed by atoms with Crippen molar-refractivity contribution in [2.75, 3.05) is 196 Å². The summed E-state index contributed by atoms with van der Waals surface area (Å²) >= 11 is 0. The summed E-state index contributed by atoms with van der Waals surface area (Å²) in [6.07, 6.45) is -35.9. The van der Waals surface area contributed by atoms with E-state index in [2.05, 4.69) is 0 Å². The van der Waals surface area contributed by atoms with E-state index in [4.69, 9.17) is 171 Å². The van der Waals surface area contributed by atoms with Crippen molar-refractivity contribution in [3.8, 4) is 0 Å². The van der Waals surface area contributed by atoms with E-state index in [0.29, 0.717) is 16.7 Å². The Balaban J connectivity index is 0.000000716. The van der Waals surface area contributed by atoms with E-state index in [1.807, 2.05) is 6.07 Å². The zero-order valence-corrected chi connectivity index (χ0v) is 71.0. The summed E-state index contributed by atoms with van der Waals surface area (Å²) in [4.78, 5) is 23.2. The van der Waals surface area contributed by atoms with E-state index in [0.717, 1.165) is 0 Å². The van der Waals surface area contributed by atoms with Crippen molar-refractivity contribution in [3.63, 3.8) is 0 Å². The van der Waals surface area contributed by atoms with Crippen molar-refractivity contribution in [1.82, 2.24) is 0 Å². The summed E-state index contributed by atoms with van der Waals surface area (Å²) in [5.41, 5.74) is 1.74. The number of carbonyl (C=O) groups is 2. The fourth-order valence-electron chi connectivity index (χ4n) is 16.7. The second-order valence-electron chi connectivity index (χ2n) is 28.9. The standard InChI is InChI=1S/C63H112O35.C16H14O3/c1-64-22-29-36-43(71-8)50(78-15)57(85-29)93-37-30(23-65-2)87-59(52(80-17)44(37)72-9)95-39-32(25-67-4)89-61(54(82-19)46(39)74-11)97-41-34(27-69-6)91-63(56(84-21)48(41)76-13)98-42-35(28-70-7)90-62(55(83-20)49(42)77-14)96-40-33(26-68-5)88-60(53(81-18)47(40)75-12)94-38-31(24-66-3)86-58(92-36)51(79-16)45(38)73-10;1-11(16(18)19)13-8-5-9-14(10-13)15(17)12-6-3-2-4-7-12/h29-63H,22-28H2,1-21H3;2-11H,1H3,(H,18,19)/t29-,30-,31-,32-,33-,34-,35-,36-,37-,38-,39-,40-,41-,42-,43+,44+,45+,46+,47+,48+,49+,50-,51-,52-,53-,54-,55-,56-,57-,58-,59-,60-,61-,62-,63-;/m1./s1. The summed E-state index contributed by atoms with van der Waals surface area (Å²) in [6, 6.07) is 15.7. The van der Waals surface area contributed by atoms with Crippen LogP contribution in [0.5, 0.6) is 0 Å². The van der Waals surface area contributed by atoms with Gasteiger partial charge in [-0.25, -0.2) is 0 Å². The molecule has 21 heterocycles. The Bertz CT molecular complexity index is 2740. The number of aliphatic carboxylic acids is 1. The Hall–Kier alpha value is -3.82. The Labute approximate surface area is 684 Å². The van der Waals surface area contributed by atoms with Gasteiger partial charge in [-0.3, -0.25) is 9.59 Å². The number of hydrogen-bond acceptors (Lipinski definition) is 37. The van der Waals surface area contributed by atoms with Crippen molar-refractivity contribution in [2.45, 2.75) is 228 Å². The topological polar surface area (TPSA) is 377 Å². The molecule has 0 spiro atoms. The summed E-state index contributed by atoms with van der Waals surface area (Å²) in [6.45, 7) is 1.34. The number of methoxy groups -OCH3 is 21. The first-order valence-electron chi connectivity index (χ1n) is 38.7. The third kappa shape index (κ3) is 22.3. The van der Waals surface area contributed by atoms with Gasteiger partial charge in [0.25, 0.3) is 0 Å². The van der Waals surface area contributed by atoms with Gasteiger partial charge < -0.3 is 171 Å². The van der Waals surface area contributed by atoms with E-state index in [-0.39, 0.29) is 52.0 Å². The normalized spacial score (nSPS) is 40.5. The molecule has 670 valence electrons. The van der Waals surface area contributed by atoms with Crippen LogP contribution in [0.1, 0.15) is 34.3 Å². The van der Waals surface area contributed by atoms with Crippen molar-refractivity contribution in [2.24, 2.45) is 0 Å². The lowest BCUT2D eigenvalue weighted by atomic mass is 9.94. The molecule has 117 heavy (non-hydrogen) atoms. The maximum atomic E-state index is 12.2. The molecule has 21 fully saturated rings. The molecule has 0 radical (unpaired) electrons. The predicted molar refractivity (Wildman–Crippen MR) is 401 cm³/mol. The van der Waals surface area contributed by atoms with E-state index in [9.17, 15) is 9.59 Å². The van der Waals surface area contributed by atoms with Crippen LogP contribution in [0.15, 0.2) is 54.6 Å². The van der Waals surface area contributed by atoms with Gasteiger partial charge in [-0.15, -0.1) is 0 Å². The number of rotatable bonds is 32. The van der Waals surface area contributed by atoms with Gasteiger partial charge in [0, 0.05) is 160 Å². The molecule has 0 aliphatic carbocycles. The third-order valence-electron chi connectivity index (χ3n) is 22.4. The molecule has 38 heteroatoms. The van der Waals surface area contributed by atoms with Gasteiger partial charge in [-0.2, -0.15) is 0 Å². The maximum Gasteiger partial charge on any atom is 0.310 e. The molecule has 0 saturated carbocycles. The first-order chi connectivity index (χ1) is 56.8. The Kier molecular flexibility index (Phi) is 39.7. The van der Waals surface area contributed by atoms with E-state index in [1.165, 1.54) is 149 Å². The minimum absolute atomic E-state index is 0.0381.